The minimum absolute atomic E-state index is 0.181. The van der Waals surface area contributed by atoms with Gasteiger partial charge in [-0.25, -0.2) is 4.39 Å². The Kier molecular flexibility index (Phi) is 4.43. The first-order chi connectivity index (χ1) is 9.34. The van der Waals surface area contributed by atoms with Crippen molar-refractivity contribution >= 4 is 0 Å². The highest BCUT2D eigenvalue weighted by Crippen LogP contribution is 2.38. The van der Waals surface area contributed by atoms with Crippen molar-refractivity contribution in [3.63, 3.8) is 0 Å². The van der Waals surface area contributed by atoms with Crippen molar-refractivity contribution in [3.8, 4) is 0 Å². The third-order valence-corrected chi connectivity index (χ3v) is 5.89. The Morgan fingerprint density at radius 3 is 2.47 bits per heavy atom. The van der Waals surface area contributed by atoms with Gasteiger partial charge in [-0.2, -0.15) is 0 Å². The molecule has 1 heterocycles. The fraction of sp³-hybridized carbons (Fsp3) is 1.00. The van der Waals surface area contributed by atoms with Gasteiger partial charge < -0.3 is 5.32 Å². The zero-order valence-electron chi connectivity index (χ0n) is 12.2. The third kappa shape index (κ3) is 2.82. The number of nitrogens with one attached hydrogen (secondary N) is 1. The highest BCUT2D eigenvalue weighted by molar-refractivity contribution is 5.03. The summed E-state index contributed by atoms with van der Waals surface area (Å²) in [4.78, 5) is 2.51. The highest BCUT2D eigenvalue weighted by Gasteiger charge is 2.44. The number of alkyl halides is 1. The van der Waals surface area contributed by atoms with Crippen LogP contribution in [0.25, 0.3) is 0 Å². The van der Waals surface area contributed by atoms with Crippen LogP contribution in [0.3, 0.4) is 0 Å². The van der Waals surface area contributed by atoms with Crippen molar-refractivity contribution < 1.29 is 4.39 Å². The summed E-state index contributed by atoms with van der Waals surface area (Å²) >= 11 is 0. The van der Waals surface area contributed by atoms with Gasteiger partial charge in [-0.1, -0.05) is 32.1 Å². The predicted octanol–water partition coefficient (Wildman–Crippen LogP) is 3.12. The summed E-state index contributed by atoms with van der Waals surface area (Å²) in [5, 5.41) is 3.85. The normalized spacial score (nSPS) is 33.0. The second-order valence-corrected chi connectivity index (χ2v) is 6.95. The smallest absolute Gasteiger partial charge is 0.102 e. The lowest BCUT2D eigenvalue weighted by atomic mass is 9.80. The number of rotatable bonds is 3. The number of nitrogens with zero attached hydrogens (tertiary/aromatic N) is 1. The van der Waals surface area contributed by atoms with Crippen LogP contribution in [0.15, 0.2) is 0 Å². The molecule has 1 saturated heterocycles. The van der Waals surface area contributed by atoms with Crippen molar-refractivity contribution in [2.75, 3.05) is 26.3 Å². The first-order valence-electron chi connectivity index (χ1n) is 8.38. The van der Waals surface area contributed by atoms with Crippen molar-refractivity contribution in [2.45, 2.75) is 69.4 Å². The molecule has 3 heteroatoms. The minimum Gasteiger partial charge on any atom is -0.311 e. The maximum absolute atomic E-state index is 12.9. The van der Waals surface area contributed by atoms with E-state index >= 15 is 0 Å². The van der Waals surface area contributed by atoms with Crippen LogP contribution >= 0.6 is 0 Å². The van der Waals surface area contributed by atoms with E-state index in [-0.39, 0.29) is 6.67 Å². The molecule has 3 aliphatic rings. The summed E-state index contributed by atoms with van der Waals surface area (Å²) in [5.74, 6) is 0.842. The van der Waals surface area contributed by atoms with Crippen LogP contribution in [0.1, 0.15) is 57.8 Å². The van der Waals surface area contributed by atoms with Crippen LogP contribution in [0.4, 0.5) is 4.39 Å². The van der Waals surface area contributed by atoms with Crippen LogP contribution in [0.5, 0.6) is 0 Å². The average molecular weight is 268 g/mol. The standard InChI is InChI=1S/C16H29FN2/c17-10-11-19-12-15(14-6-2-1-3-7-14)18-13-16(19)8-4-5-9-16/h14-15,18H,1-13H2. The molecule has 2 saturated carbocycles. The van der Waals surface area contributed by atoms with E-state index in [4.69, 9.17) is 0 Å². The first kappa shape index (κ1) is 13.8. The van der Waals surface area contributed by atoms with E-state index in [1.165, 1.54) is 57.8 Å². The van der Waals surface area contributed by atoms with E-state index in [0.717, 1.165) is 19.0 Å². The van der Waals surface area contributed by atoms with Gasteiger partial charge in [0, 0.05) is 31.2 Å². The van der Waals surface area contributed by atoms with Crippen LogP contribution < -0.4 is 5.32 Å². The minimum atomic E-state index is -0.181. The molecule has 0 aromatic heterocycles. The highest BCUT2D eigenvalue weighted by atomic mass is 19.1. The number of piperazine rings is 1. The Labute approximate surface area is 117 Å². The summed E-state index contributed by atoms with van der Waals surface area (Å²) < 4.78 is 12.9. The van der Waals surface area contributed by atoms with Crippen molar-refractivity contribution in [3.05, 3.63) is 0 Å². The Balaban J connectivity index is 1.64. The van der Waals surface area contributed by atoms with Gasteiger partial charge in [0.2, 0.25) is 0 Å². The maximum Gasteiger partial charge on any atom is 0.102 e. The molecule has 0 aromatic carbocycles. The molecule has 0 aromatic rings. The molecule has 19 heavy (non-hydrogen) atoms. The lowest BCUT2D eigenvalue weighted by Crippen LogP contribution is -2.65. The van der Waals surface area contributed by atoms with Gasteiger partial charge in [-0.15, -0.1) is 0 Å². The summed E-state index contributed by atoms with van der Waals surface area (Å²) in [5.41, 5.74) is 0.303. The SMILES string of the molecule is FCCN1CC(C2CCCCC2)NCC12CCCC2. The van der Waals surface area contributed by atoms with Crippen molar-refractivity contribution in [1.82, 2.24) is 10.2 Å². The molecule has 1 atom stereocenters. The van der Waals surface area contributed by atoms with Gasteiger partial charge in [-0.3, -0.25) is 4.90 Å². The van der Waals surface area contributed by atoms with Gasteiger partial charge in [0.05, 0.1) is 0 Å². The summed E-state index contributed by atoms with van der Waals surface area (Å²) in [7, 11) is 0. The first-order valence-corrected chi connectivity index (χ1v) is 8.38. The molecule has 1 spiro atoms. The molecule has 3 fully saturated rings. The van der Waals surface area contributed by atoms with E-state index in [2.05, 4.69) is 10.2 Å². The molecule has 3 rings (SSSR count). The zero-order valence-corrected chi connectivity index (χ0v) is 12.2. The van der Waals surface area contributed by atoms with Crippen LogP contribution in [0.2, 0.25) is 0 Å². The fourth-order valence-electron chi connectivity index (χ4n) is 4.74. The lowest BCUT2D eigenvalue weighted by Gasteiger charge is -2.50. The molecular weight excluding hydrogens is 239 g/mol. The molecule has 0 radical (unpaired) electrons. The summed E-state index contributed by atoms with van der Waals surface area (Å²) in [6.45, 7) is 2.67. The molecule has 0 amide bonds. The van der Waals surface area contributed by atoms with Gasteiger partial charge in [0.1, 0.15) is 6.67 Å². The summed E-state index contributed by atoms with van der Waals surface area (Å²) in [6.07, 6.45) is 12.2. The van der Waals surface area contributed by atoms with Gasteiger partial charge >= 0.3 is 0 Å². The number of halogens is 1. The molecule has 110 valence electrons. The molecular formula is C16H29FN2. The Bertz CT molecular complexity index is 282. The maximum atomic E-state index is 12.9. The number of hydrogen-bond acceptors (Lipinski definition) is 2. The predicted molar refractivity (Wildman–Crippen MR) is 77.1 cm³/mol. The lowest BCUT2D eigenvalue weighted by molar-refractivity contribution is 0.0204. The average Bonchev–Trinajstić information content (AvgIpc) is 2.92. The topological polar surface area (TPSA) is 15.3 Å². The molecule has 2 aliphatic carbocycles. The van der Waals surface area contributed by atoms with Crippen LogP contribution in [-0.2, 0) is 0 Å². The van der Waals surface area contributed by atoms with Crippen LogP contribution in [-0.4, -0.2) is 42.8 Å². The second-order valence-electron chi connectivity index (χ2n) is 6.95. The fourth-order valence-corrected chi connectivity index (χ4v) is 4.74. The third-order valence-electron chi connectivity index (χ3n) is 5.89. The monoisotopic (exact) mass is 268 g/mol. The summed E-state index contributed by atoms with van der Waals surface area (Å²) in [6, 6.07) is 0.623. The number of hydrogen-bond donors (Lipinski definition) is 1. The molecule has 2 nitrogen and oxygen atoms in total. The van der Waals surface area contributed by atoms with Gasteiger partial charge in [0.15, 0.2) is 0 Å². The molecule has 1 N–H and O–H groups in total. The molecule has 0 bridgehead atoms. The Morgan fingerprint density at radius 1 is 1.05 bits per heavy atom. The van der Waals surface area contributed by atoms with E-state index < -0.39 is 0 Å². The van der Waals surface area contributed by atoms with E-state index in [9.17, 15) is 4.39 Å². The van der Waals surface area contributed by atoms with Crippen molar-refractivity contribution in [1.29, 1.82) is 0 Å². The zero-order chi connectivity index (χ0) is 13.1. The van der Waals surface area contributed by atoms with E-state index in [1.54, 1.807) is 0 Å². The quantitative estimate of drug-likeness (QED) is 0.846. The largest absolute Gasteiger partial charge is 0.311 e. The van der Waals surface area contributed by atoms with Crippen LogP contribution in [0, 0.1) is 5.92 Å². The van der Waals surface area contributed by atoms with E-state index in [0.29, 0.717) is 18.1 Å². The molecule has 1 unspecified atom stereocenters. The van der Waals surface area contributed by atoms with E-state index in [1.807, 2.05) is 0 Å². The Hall–Kier alpha value is -0.150. The second kappa shape index (κ2) is 6.09. The molecule has 1 aliphatic heterocycles. The Morgan fingerprint density at radius 2 is 1.79 bits per heavy atom. The van der Waals surface area contributed by atoms with Gasteiger partial charge in [-0.05, 0) is 31.6 Å². The van der Waals surface area contributed by atoms with Gasteiger partial charge in [0.25, 0.3) is 0 Å². The van der Waals surface area contributed by atoms with Crippen molar-refractivity contribution in [2.24, 2.45) is 5.92 Å².